The monoisotopic (exact) mass is 247 g/mol. The van der Waals surface area contributed by atoms with Gasteiger partial charge in [0.15, 0.2) is 0 Å². The van der Waals surface area contributed by atoms with Crippen LogP contribution in [0.3, 0.4) is 0 Å². The minimum Gasteiger partial charge on any atom is -0.376 e. The van der Waals surface area contributed by atoms with E-state index in [2.05, 4.69) is 15.3 Å². The van der Waals surface area contributed by atoms with E-state index in [1.165, 1.54) is 18.5 Å². The van der Waals surface area contributed by atoms with E-state index in [-0.39, 0.29) is 11.9 Å². The highest BCUT2D eigenvalue weighted by Crippen LogP contribution is 2.21. The van der Waals surface area contributed by atoms with E-state index in [4.69, 9.17) is 4.74 Å². The van der Waals surface area contributed by atoms with E-state index in [0.29, 0.717) is 17.7 Å². The average molecular weight is 247 g/mol. The molecule has 0 bridgehead atoms. The van der Waals surface area contributed by atoms with Crippen LogP contribution in [0, 0.1) is 5.82 Å². The summed E-state index contributed by atoms with van der Waals surface area (Å²) in [5.74, 6) is 0.382. The number of ether oxygens (including phenoxy) is 1. The number of hydrogen-bond acceptors (Lipinski definition) is 4. The van der Waals surface area contributed by atoms with Gasteiger partial charge in [-0.3, -0.25) is 0 Å². The van der Waals surface area contributed by atoms with Crippen LogP contribution in [0.4, 0.5) is 10.2 Å². The van der Waals surface area contributed by atoms with Gasteiger partial charge in [-0.15, -0.1) is 0 Å². The van der Waals surface area contributed by atoms with Crippen molar-refractivity contribution in [3.05, 3.63) is 30.3 Å². The molecule has 1 aliphatic heterocycles. The lowest BCUT2D eigenvalue weighted by Crippen LogP contribution is -2.19. The molecular weight excluding hydrogens is 233 g/mol. The molecule has 0 saturated carbocycles. The van der Waals surface area contributed by atoms with Gasteiger partial charge in [-0.2, -0.15) is 0 Å². The Kier molecular flexibility index (Phi) is 3.06. The van der Waals surface area contributed by atoms with E-state index in [0.717, 1.165) is 25.0 Å². The van der Waals surface area contributed by atoms with Gasteiger partial charge < -0.3 is 10.1 Å². The van der Waals surface area contributed by atoms with Gasteiger partial charge in [0.05, 0.1) is 11.6 Å². The fraction of sp³-hybridized carbons (Fsp3) is 0.385. The fourth-order valence-corrected chi connectivity index (χ4v) is 2.19. The number of fused-ring (bicyclic) bond motifs is 1. The topological polar surface area (TPSA) is 47.0 Å². The molecule has 94 valence electrons. The van der Waals surface area contributed by atoms with Crippen molar-refractivity contribution in [1.29, 1.82) is 0 Å². The molecule has 1 N–H and O–H groups in total. The summed E-state index contributed by atoms with van der Waals surface area (Å²) in [6, 6.07) is 4.51. The van der Waals surface area contributed by atoms with Crippen molar-refractivity contribution in [2.45, 2.75) is 18.9 Å². The molecule has 3 rings (SSSR count). The second-order valence-corrected chi connectivity index (χ2v) is 4.40. The van der Waals surface area contributed by atoms with Crippen molar-refractivity contribution in [3.63, 3.8) is 0 Å². The smallest absolute Gasteiger partial charge is 0.137 e. The first kappa shape index (κ1) is 11.3. The molecule has 1 fully saturated rings. The molecule has 0 spiro atoms. The molecule has 2 aromatic rings. The molecule has 1 aromatic heterocycles. The Hall–Kier alpha value is -1.75. The highest BCUT2D eigenvalue weighted by Gasteiger charge is 2.15. The lowest BCUT2D eigenvalue weighted by molar-refractivity contribution is 0.120. The number of halogens is 1. The molecule has 18 heavy (non-hydrogen) atoms. The molecule has 1 saturated heterocycles. The Morgan fingerprint density at radius 2 is 2.33 bits per heavy atom. The summed E-state index contributed by atoms with van der Waals surface area (Å²) >= 11 is 0. The standard InChI is InChI=1S/C13H14FN3O/c14-9-3-4-12-11(6-9)13(17-8-16-12)15-7-10-2-1-5-18-10/h3-4,6,8,10H,1-2,5,7H2,(H,15,16,17). The Labute approximate surface area is 104 Å². The Morgan fingerprint density at radius 1 is 1.39 bits per heavy atom. The summed E-state index contributed by atoms with van der Waals surface area (Å²) < 4.78 is 18.8. The fourth-order valence-electron chi connectivity index (χ4n) is 2.19. The maximum atomic E-state index is 13.2. The van der Waals surface area contributed by atoms with E-state index in [1.807, 2.05) is 0 Å². The molecule has 1 atom stereocenters. The number of hydrogen-bond donors (Lipinski definition) is 1. The number of benzene rings is 1. The number of anilines is 1. The summed E-state index contributed by atoms with van der Waals surface area (Å²) in [6.45, 7) is 1.52. The minimum absolute atomic E-state index is 0.226. The van der Waals surface area contributed by atoms with Crippen molar-refractivity contribution in [2.75, 3.05) is 18.5 Å². The van der Waals surface area contributed by atoms with Crippen LogP contribution in [-0.2, 0) is 4.74 Å². The Morgan fingerprint density at radius 3 is 3.17 bits per heavy atom. The van der Waals surface area contributed by atoms with Crippen molar-refractivity contribution >= 4 is 16.7 Å². The first-order chi connectivity index (χ1) is 8.83. The van der Waals surface area contributed by atoms with Gasteiger partial charge in [-0.05, 0) is 31.0 Å². The van der Waals surface area contributed by atoms with Gasteiger partial charge in [0, 0.05) is 18.5 Å². The predicted octanol–water partition coefficient (Wildman–Crippen LogP) is 2.36. The average Bonchev–Trinajstić information content (AvgIpc) is 2.89. The predicted molar refractivity (Wildman–Crippen MR) is 67.0 cm³/mol. The summed E-state index contributed by atoms with van der Waals surface area (Å²) in [5, 5.41) is 3.92. The van der Waals surface area contributed by atoms with Crippen molar-refractivity contribution in [1.82, 2.24) is 9.97 Å². The molecule has 1 aliphatic rings. The zero-order chi connectivity index (χ0) is 12.4. The molecule has 1 unspecified atom stereocenters. The maximum Gasteiger partial charge on any atom is 0.137 e. The number of nitrogens with one attached hydrogen (secondary N) is 1. The SMILES string of the molecule is Fc1ccc2ncnc(NCC3CCCO3)c2c1. The van der Waals surface area contributed by atoms with Gasteiger partial charge in [0.25, 0.3) is 0 Å². The van der Waals surface area contributed by atoms with Crippen molar-refractivity contribution < 1.29 is 9.13 Å². The van der Waals surface area contributed by atoms with Gasteiger partial charge in [0.2, 0.25) is 0 Å². The van der Waals surface area contributed by atoms with Gasteiger partial charge in [-0.1, -0.05) is 0 Å². The Balaban J connectivity index is 1.84. The van der Waals surface area contributed by atoms with E-state index < -0.39 is 0 Å². The molecule has 0 aliphatic carbocycles. The van der Waals surface area contributed by atoms with Crippen LogP contribution in [0.15, 0.2) is 24.5 Å². The van der Waals surface area contributed by atoms with Crippen LogP contribution in [0.5, 0.6) is 0 Å². The second kappa shape index (κ2) is 4.86. The third kappa shape index (κ3) is 2.26. The zero-order valence-electron chi connectivity index (χ0n) is 9.90. The second-order valence-electron chi connectivity index (χ2n) is 4.40. The quantitative estimate of drug-likeness (QED) is 0.904. The number of nitrogens with zero attached hydrogens (tertiary/aromatic N) is 2. The van der Waals surface area contributed by atoms with Crippen molar-refractivity contribution in [3.8, 4) is 0 Å². The summed E-state index contributed by atoms with van der Waals surface area (Å²) in [6.07, 6.45) is 3.87. The van der Waals surface area contributed by atoms with Crippen LogP contribution in [0.25, 0.3) is 10.9 Å². The molecule has 0 amide bonds. The van der Waals surface area contributed by atoms with Crippen LogP contribution in [-0.4, -0.2) is 29.2 Å². The molecular formula is C13H14FN3O. The first-order valence-corrected chi connectivity index (χ1v) is 6.09. The summed E-state index contributed by atoms with van der Waals surface area (Å²) in [4.78, 5) is 8.28. The summed E-state index contributed by atoms with van der Waals surface area (Å²) in [7, 11) is 0. The Bertz CT molecular complexity index is 555. The molecule has 4 nitrogen and oxygen atoms in total. The highest BCUT2D eigenvalue weighted by atomic mass is 19.1. The lowest BCUT2D eigenvalue weighted by atomic mass is 10.2. The van der Waals surface area contributed by atoms with E-state index in [1.54, 1.807) is 6.07 Å². The normalized spacial score (nSPS) is 19.3. The number of rotatable bonds is 3. The van der Waals surface area contributed by atoms with Crippen LogP contribution < -0.4 is 5.32 Å². The third-order valence-electron chi connectivity index (χ3n) is 3.12. The van der Waals surface area contributed by atoms with Gasteiger partial charge in [0.1, 0.15) is 18.0 Å². The van der Waals surface area contributed by atoms with Crippen molar-refractivity contribution in [2.24, 2.45) is 0 Å². The van der Waals surface area contributed by atoms with Crippen LogP contribution in [0.2, 0.25) is 0 Å². The largest absolute Gasteiger partial charge is 0.376 e. The first-order valence-electron chi connectivity index (χ1n) is 6.09. The molecule has 0 radical (unpaired) electrons. The maximum absolute atomic E-state index is 13.2. The van der Waals surface area contributed by atoms with E-state index in [9.17, 15) is 4.39 Å². The minimum atomic E-state index is -0.280. The number of aromatic nitrogens is 2. The van der Waals surface area contributed by atoms with Crippen LogP contribution in [0.1, 0.15) is 12.8 Å². The zero-order valence-corrected chi connectivity index (χ0v) is 9.90. The van der Waals surface area contributed by atoms with Gasteiger partial charge in [-0.25, -0.2) is 14.4 Å². The summed E-state index contributed by atoms with van der Waals surface area (Å²) in [5.41, 5.74) is 0.737. The van der Waals surface area contributed by atoms with Gasteiger partial charge >= 0.3 is 0 Å². The third-order valence-corrected chi connectivity index (χ3v) is 3.12. The molecule has 5 heteroatoms. The highest BCUT2D eigenvalue weighted by molar-refractivity contribution is 5.88. The van der Waals surface area contributed by atoms with E-state index >= 15 is 0 Å². The lowest BCUT2D eigenvalue weighted by Gasteiger charge is -2.12. The molecule has 2 heterocycles. The van der Waals surface area contributed by atoms with Crippen LogP contribution >= 0.6 is 0 Å². The molecule has 1 aromatic carbocycles.